The van der Waals surface area contributed by atoms with Crippen LogP contribution in [0.5, 0.6) is 0 Å². The fraction of sp³-hybridized carbons (Fsp3) is 0.348. The van der Waals surface area contributed by atoms with Crippen molar-refractivity contribution < 1.29 is 4.79 Å². The summed E-state index contributed by atoms with van der Waals surface area (Å²) >= 11 is 5.97. The molecule has 156 valence electrons. The van der Waals surface area contributed by atoms with Crippen molar-refractivity contribution in [2.24, 2.45) is 0 Å². The van der Waals surface area contributed by atoms with Gasteiger partial charge in [-0.1, -0.05) is 29.8 Å². The third kappa shape index (κ3) is 4.33. The van der Waals surface area contributed by atoms with Crippen molar-refractivity contribution >= 4 is 23.2 Å². The summed E-state index contributed by atoms with van der Waals surface area (Å²) in [6.07, 6.45) is 3.72. The second-order valence-electron chi connectivity index (χ2n) is 7.71. The SMILES string of the molecule is Cc1nc(C(=O)N(C)Cc2ccccc2N2CCCCC2)nn1-c1ccc(Cl)cc1. The van der Waals surface area contributed by atoms with Crippen LogP contribution in [-0.4, -0.2) is 45.7 Å². The molecule has 7 heteroatoms. The Kier molecular flexibility index (Phi) is 6.04. The highest BCUT2D eigenvalue weighted by molar-refractivity contribution is 6.30. The molecule has 0 aliphatic carbocycles. The van der Waals surface area contributed by atoms with Gasteiger partial charge in [0.15, 0.2) is 0 Å². The summed E-state index contributed by atoms with van der Waals surface area (Å²) in [5, 5.41) is 5.10. The summed E-state index contributed by atoms with van der Waals surface area (Å²) in [5.74, 6) is 0.655. The molecule has 0 atom stereocenters. The molecule has 1 amide bonds. The van der Waals surface area contributed by atoms with Gasteiger partial charge in [-0.15, -0.1) is 5.10 Å². The Labute approximate surface area is 182 Å². The maximum Gasteiger partial charge on any atom is 0.293 e. The second kappa shape index (κ2) is 8.88. The molecule has 1 aromatic heterocycles. The first-order chi connectivity index (χ1) is 14.5. The monoisotopic (exact) mass is 423 g/mol. The minimum atomic E-state index is -0.195. The predicted molar refractivity (Wildman–Crippen MR) is 119 cm³/mol. The molecule has 0 saturated carbocycles. The van der Waals surface area contributed by atoms with Crippen LogP contribution in [0.25, 0.3) is 5.69 Å². The lowest BCUT2D eigenvalue weighted by Crippen LogP contribution is -2.32. The molecular formula is C23H26ClN5O. The summed E-state index contributed by atoms with van der Waals surface area (Å²) in [5.41, 5.74) is 3.18. The third-order valence-electron chi connectivity index (χ3n) is 5.47. The number of piperidine rings is 1. The van der Waals surface area contributed by atoms with E-state index in [2.05, 4.69) is 33.2 Å². The Morgan fingerprint density at radius 2 is 1.77 bits per heavy atom. The van der Waals surface area contributed by atoms with Gasteiger partial charge in [0, 0.05) is 37.4 Å². The van der Waals surface area contributed by atoms with E-state index in [0.29, 0.717) is 17.4 Å². The van der Waals surface area contributed by atoms with Crippen molar-refractivity contribution in [3.8, 4) is 5.69 Å². The molecule has 6 nitrogen and oxygen atoms in total. The number of nitrogens with zero attached hydrogens (tertiary/aromatic N) is 5. The normalized spacial score (nSPS) is 14.0. The number of aryl methyl sites for hydroxylation is 1. The summed E-state index contributed by atoms with van der Waals surface area (Å²) in [4.78, 5) is 21.6. The first-order valence-corrected chi connectivity index (χ1v) is 10.7. The zero-order valence-corrected chi connectivity index (χ0v) is 18.1. The van der Waals surface area contributed by atoms with E-state index in [0.717, 1.165) is 24.3 Å². The third-order valence-corrected chi connectivity index (χ3v) is 5.73. The van der Waals surface area contributed by atoms with E-state index in [1.165, 1.54) is 24.9 Å². The van der Waals surface area contributed by atoms with E-state index in [9.17, 15) is 4.79 Å². The number of aromatic nitrogens is 3. The van der Waals surface area contributed by atoms with E-state index in [-0.39, 0.29) is 11.7 Å². The molecule has 0 bridgehead atoms. The Morgan fingerprint density at radius 3 is 2.50 bits per heavy atom. The van der Waals surface area contributed by atoms with E-state index in [4.69, 9.17) is 11.6 Å². The highest BCUT2D eigenvalue weighted by Crippen LogP contribution is 2.25. The van der Waals surface area contributed by atoms with Crippen molar-refractivity contribution in [1.82, 2.24) is 19.7 Å². The molecule has 1 saturated heterocycles. The van der Waals surface area contributed by atoms with E-state index >= 15 is 0 Å². The Hall–Kier alpha value is -2.86. The Morgan fingerprint density at radius 1 is 1.07 bits per heavy atom. The summed E-state index contributed by atoms with van der Waals surface area (Å²) in [7, 11) is 1.80. The van der Waals surface area contributed by atoms with Gasteiger partial charge in [0.1, 0.15) is 5.82 Å². The lowest BCUT2D eigenvalue weighted by molar-refractivity contribution is 0.0773. The first-order valence-electron chi connectivity index (χ1n) is 10.3. The molecule has 0 radical (unpaired) electrons. The van der Waals surface area contributed by atoms with E-state index < -0.39 is 0 Å². The smallest absolute Gasteiger partial charge is 0.293 e. The fourth-order valence-corrected chi connectivity index (χ4v) is 4.02. The highest BCUT2D eigenvalue weighted by atomic mass is 35.5. The molecular weight excluding hydrogens is 398 g/mol. The van der Waals surface area contributed by atoms with Gasteiger partial charge in [0.05, 0.1) is 5.69 Å². The Bertz CT molecular complexity index is 1020. The van der Waals surface area contributed by atoms with E-state index in [1.807, 2.05) is 25.1 Å². The molecule has 0 N–H and O–H groups in total. The zero-order valence-electron chi connectivity index (χ0n) is 17.4. The number of benzene rings is 2. The zero-order chi connectivity index (χ0) is 21.1. The van der Waals surface area contributed by atoms with Crippen molar-refractivity contribution in [3.63, 3.8) is 0 Å². The number of rotatable bonds is 5. The van der Waals surface area contributed by atoms with Crippen molar-refractivity contribution in [2.45, 2.75) is 32.7 Å². The topological polar surface area (TPSA) is 54.3 Å². The molecule has 2 aromatic carbocycles. The number of hydrogen-bond acceptors (Lipinski definition) is 4. The molecule has 0 unspecified atom stereocenters. The number of amides is 1. The number of hydrogen-bond donors (Lipinski definition) is 0. The molecule has 4 rings (SSSR count). The van der Waals surface area contributed by atoms with Gasteiger partial charge in [0.2, 0.25) is 5.82 Å². The second-order valence-corrected chi connectivity index (χ2v) is 8.14. The molecule has 1 aliphatic rings. The minimum Gasteiger partial charge on any atom is -0.371 e. The molecule has 30 heavy (non-hydrogen) atoms. The maximum absolute atomic E-state index is 13.0. The lowest BCUT2D eigenvalue weighted by Gasteiger charge is -2.31. The summed E-state index contributed by atoms with van der Waals surface area (Å²) in [6, 6.07) is 15.6. The standard InChI is InChI=1S/C23H26ClN5O/c1-17-25-22(26-29(17)20-12-10-19(24)11-13-20)23(30)27(2)16-18-8-4-5-9-21(18)28-14-6-3-7-15-28/h4-5,8-13H,3,6-7,14-16H2,1-2H3. The van der Waals surface area contributed by atoms with Gasteiger partial charge in [-0.3, -0.25) is 4.79 Å². The number of para-hydroxylation sites is 1. The van der Waals surface area contributed by atoms with Gasteiger partial charge in [-0.2, -0.15) is 0 Å². The molecule has 1 aliphatic heterocycles. The van der Waals surface area contributed by atoms with Crippen LogP contribution in [0.3, 0.4) is 0 Å². The fourth-order valence-electron chi connectivity index (χ4n) is 3.89. The van der Waals surface area contributed by atoms with Crippen LogP contribution in [-0.2, 0) is 6.54 Å². The highest BCUT2D eigenvalue weighted by Gasteiger charge is 2.21. The van der Waals surface area contributed by atoms with Crippen molar-refractivity contribution in [2.75, 3.05) is 25.0 Å². The van der Waals surface area contributed by atoms with Gasteiger partial charge >= 0.3 is 0 Å². The first kappa shape index (κ1) is 20.4. The van der Waals surface area contributed by atoms with Crippen LogP contribution in [0.4, 0.5) is 5.69 Å². The molecule has 3 aromatic rings. The largest absolute Gasteiger partial charge is 0.371 e. The minimum absolute atomic E-state index is 0.195. The number of carbonyl (C=O) groups excluding carboxylic acids is 1. The molecule has 2 heterocycles. The van der Waals surface area contributed by atoms with Crippen LogP contribution in [0.2, 0.25) is 5.02 Å². The van der Waals surface area contributed by atoms with Crippen LogP contribution in [0, 0.1) is 6.92 Å². The van der Waals surface area contributed by atoms with Crippen LogP contribution < -0.4 is 4.90 Å². The van der Waals surface area contributed by atoms with Crippen molar-refractivity contribution in [3.05, 3.63) is 70.8 Å². The number of carbonyl (C=O) groups is 1. The summed E-state index contributed by atoms with van der Waals surface area (Å²) < 4.78 is 1.67. The van der Waals surface area contributed by atoms with Crippen LogP contribution >= 0.6 is 11.6 Å². The van der Waals surface area contributed by atoms with Gasteiger partial charge in [0.25, 0.3) is 5.91 Å². The quantitative estimate of drug-likeness (QED) is 0.606. The lowest BCUT2D eigenvalue weighted by atomic mass is 10.1. The maximum atomic E-state index is 13.0. The molecule has 1 fully saturated rings. The number of anilines is 1. The average molecular weight is 424 g/mol. The number of halogens is 1. The van der Waals surface area contributed by atoms with Gasteiger partial charge < -0.3 is 9.80 Å². The van der Waals surface area contributed by atoms with Gasteiger partial charge in [-0.05, 0) is 62.1 Å². The molecule has 0 spiro atoms. The summed E-state index contributed by atoms with van der Waals surface area (Å²) in [6.45, 7) is 4.49. The van der Waals surface area contributed by atoms with E-state index in [1.54, 1.807) is 28.8 Å². The van der Waals surface area contributed by atoms with Crippen LogP contribution in [0.1, 0.15) is 41.3 Å². The average Bonchev–Trinajstić information content (AvgIpc) is 3.16. The van der Waals surface area contributed by atoms with Crippen LogP contribution in [0.15, 0.2) is 48.5 Å². The van der Waals surface area contributed by atoms with Crippen molar-refractivity contribution in [1.29, 1.82) is 0 Å². The predicted octanol–water partition coefficient (Wildman–Crippen LogP) is 4.49. The van der Waals surface area contributed by atoms with Gasteiger partial charge in [-0.25, -0.2) is 9.67 Å². The Balaban J connectivity index is 1.52.